The molecule has 0 bridgehead atoms. The monoisotopic (exact) mass is 439 g/mol. The summed E-state index contributed by atoms with van der Waals surface area (Å²) in [5.74, 6) is -0.0708. The van der Waals surface area contributed by atoms with Crippen LogP contribution in [-0.4, -0.2) is 31.4 Å². The van der Waals surface area contributed by atoms with Crippen molar-refractivity contribution >= 4 is 29.3 Å². The smallest absolute Gasteiger partial charge is 0.435 e. The maximum Gasteiger partial charge on any atom is 0.435 e. The molecule has 0 saturated heterocycles. The van der Waals surface area contributed by atoms with Crippen LogP contribution in [0.15, 0.2) is 42.9 Å². The molecule has 0 atom stereocenters. The van der Waals surface area contributed by atoms with Gasteiger partial charge in [-0.3, -0.25) is 0 Å². The maximum atomic E-state index is 12.7. The number of carbonyl (C=O) groups excluding carboxylic acids is 1. The van der Waals surface area contributed by atoms with Crippen molar-refractivity contribution < 1.29 is 22.7 Å². The van der Waals surface area contributed by atoms with Gasteiger partial charge in [0.15, 0.2) is 0 Å². The number of nitrogens with zero attached hydrogens (tertiary/aromatic N) is 4. The van der Waals surface area contributed by atoms with Gasteiger partial charge in [0.05, 0.1) is 6.20 Å². The molecule has 0 saturated carbocycles. The van der Waals surface area contributed by atoms with E-state index in [9.17, 15) is 18.0 Å². The molecule has 0 fully saturated rings. The van der Waals surface area contributed by atoms with Crippen LogP contribution in [0.3, 0.4) is 0 Å². The van der Waals surface area contributed by atoms with E-state index in [0.717, 1.165) is 10.2 Å². The first-order valence-corrected chi connectivity index (χ1v) is 9.05. The number of alkyl halides is 3. The standard InChI is InChI=1S/C19H17ClF3N5O2/c1-18(2,3)30-17(29)28-10-12(8-25-28)11-4-6-13(7-5-11)26-16-24-9-14(15(20)27-16)19(21,22)23/h4-10H,1-3H3,(H,24,26,27). The lowest BCUT2D eigenvalue weighted by molar-refractivity contribution is -0.137. The summed E-state index contributed by atoms with van der Waals surface area (Å²) in [6, 6.07) is 6.83. The molecular weight excluding hydrogens is 423 g/mol. The normalized spacial score (nSPS) is 12.0. The minimum absolute atomic E-state index is 0.0708. The van der Waals surface area contributed by atoms with Gasteiger partial charge in [0.2, 0.25) is 5.95 Å². The molecule has 0 amide bonds. The van der Waals surface area contributed by atoms with E-state index in [1.165, 1.54) is 12.4 Å². The minimum atomic E-state index is -4.62. The molecule has 11 heteroatoms. The van der Waals surface area contributed by atoms with E-state index in [1.807, 2.05) is 0 Å². The van der Waals surface area contributed by atoms with Crippen LogP contribution in [0.2, 0.25) is 5.15 Å². The first-order chi connectivity index (χ1) is 13.9. The van der Waals surface area contributed by atoms with E-state index in [4.69, 9.17) is 16.3 Å². The fourth-order valence-corrected chi connectivity index (χ4v) is 2.60. The van der Waals surface area contributed by atoms with E-state index >= 15 is 0 Å². The van der Waals surface area contributed by atoms with Crippen molar-refractivity contribution in [3.8, 4) is 11.1 Å². The van der Waals surface area contributed by atoms with E-state index in [1.54, 1.807) is 45.0 Å². The zero-order valence-corrected chi connectivity index (χ0v) is 16.9. The van der Waals surface area contributed by atoms with Crippen LogP contribution in [0.25, 0.3) is 11.1 Å². The molecule has 0 radical (unpaired) electrons. The van der Waals surface area contributed by atoms with E-state index in [0.29, 0.717) is 17.4 Å². The number of carbonyl (C=O) groups is 1. The summed E-state index contributed by atoms with van der Waals surface area (Å²) in [7, 11) is 0. The van der Waals surface area contributed by atoms with Gasteiger partial charge in [0.1, 0.15) is 16.3 Å². The van der Waals surface area contributed by atoms with Crippen LogP contribution < -0.4 is 5.32 Å². The number of anilines is 2. The highest BCUT2D eigenvalue weighted by atomic mass is 35.5. The first kappa shape index (κ1) is 21.6. The quantitative estimate of drug-likeness (QED) is 0.539. The predicted octanol–water partition coefficient (Wildman–Crippen LogP) is 5.54. The van der Waals surface area contributed by atoms with Crippen molar-refractivity contribution in [1.29, 1.82) is 0 Å². The predicted molar refractivity (Wildman–Crippen MR) is 105 cm³/mol. The molecule has 158 valence electrons. The third-order valence-corrected chi connectivity index (χ3v) is 3.97. The van der Waals surface area contributed by atoms with E-state index in [2.05, 4.69) is 20.4 Å². The number of aromatic nitrogens is 4. The highest BCUT2D eigenvalue weighted by Gasteiger charge is 2.34. The number of ether oxygens (including phenoxy) is 1. The first-order valence-electron chi connectivity index (χ1n) is 8.67. The van der Waals surface area contributed by atoms with Crippen molar-refractivity contribution in [2.45, 2.75) is 32.5 Å². The van der Waals surface area contributed by atoms with Crippen molar-refractivity contribution in [2.75, 3.05) is 5.32 Å². The van der Waals surface area contributed by atoms with Crippen molar-refractivity contribution in [3.63, 3.8) is 0 Å². The third-order valence-electron chi connectivity index (χ3n) is 3.69. The molecule has 0 aliphatic carbocycles. The molecule has 3 aromatic rings. The second kappa shape index (κ2) is 7.94. The summed E-state index contributed by atoms with van der Waals surface area (Å²) in [6.07, 6.45) is -1.54. The van der Waals surface area contributed by atoms with Gasteiger partial charge in [-0.2, -0.15) is 23.0 Å². The lowest BCUT2D eigenvalue weighted by atomic mass is 10.1. The van der Waals surface area contributed by atoms with Crippen LogP contribution in [0.1, 0.15) is 26.3 Å². The molecule has 2 aromatic heterocycles. The van der Waals surface area contributed by atoms with Gasteiger partial charge in [0.25, 0.3) is 0 Å². The van der Waals surface area contributed by atoms with Gasteiger partial charge in [-0.05, 0) is 38.5 Å². The molecule has 3 rings (SSSR count). The van der Waals surface area contributed by atoms with Crippen LogP contribution in [0, 0.1) is 0 Å². The average Bonchev–Trinajstić information content (AvgIpc) is 3.10. The summed E-state index contributed by atoms with van der Waals surface area (Å²) in [5, 5.41) is 6.10. The molecule has 7 nitrogen and oxygen atoms in total. The summed E-state index contributed by atoms with van der Waals surface area (Å²) in [4.78, 5) is 19.3. The lowest BCUT2D eigenvalue weighted by Gasteiger charge is -2.18. The van der Waals surface area contributed by atoms with Crippen LogP contribution in [0.5, 0.6) is 0 Å². The number of rotatable bonds is 3. The SMILES string of the molecule is CC(C)(C)OC(=O)n1cc(-c2ccc(Nc3ncc(C(F)(F)F)c(Cl)n3)cc2)cn1. The van der Waals surface area contributed by atoms with Gasteiger partial charge in [-0.25, -0.2) is 14.8 Å². The van der Waals surface area contributed by atoms with Crippen molar-refractivity contribution in [1.82, 2.24) is 19.7 Å². The zero-order chi connectivity index (χ0) is 22.1. The summed E-state index contributed by atoms with van der Waals surface area (Å²) in [5.41, 5.74) is 0.240. The van der Waals surface area contributed by atoms with E-state index < -0.39 is 28.6 Å². The van der Waals surface area contributed by atoms with Gasteiger partial charge in [-0.1, -0.05) is 23.7 Å². The molecule has 0 aliphatic heterocycles. The number of benzene rings is 1. The Hall–Kier alpha value is -3.14. The number of halogens is 4. The summed E-state index contributed by atoms with van der Waals surface area (Å²) >= 11 is 5.60. The lowest BCUT2D eigenvalue weighted by Crippen LogP contribution is -2.27. The molecular formula is C19H17ClF3N5O2. The largest absolute Gasteiger partial charge is 0.442 e. The van der Waals surface area contributed by atoms with Crippen molar-refractivity contribution in [2.24, 2.45) is 0 Å². The Morgan fingerprint density at radius 2 is 1.77 bits per heavy atom. The Morgan fingerprint density at radius 1 is 1.10 bits per heavy atom. The van der Waals surface area contributed by atoms with E-state index in [-0.39, 0.29) is 5.95 Å². The fourth-order valence-electron chi connectivity index (χ4n) is 2.37. The topological polar surface area (TPSA) is 81.9 Å². The Balaban J connectivity index is 1.72. The molecule has 2 heterocycles. The highest BCUT2D eigenvalue weighted by Crippen LogP contribution is 2.33. The molecule has 0 spiro atoms. The third kappa shape index (κ3) is 5.26. The van der Waals surface area contributed by atoms with Crippen LogP contribution in [-0.2, 0) is 10.9 Å². The van der Waals surface area contributed by atoms with Crippen LogP contribution in [0.4, 0.5) is 29.6 Å². The number of hydrogen-bond donors (Lipinski definition) is 1. The molecule has 1 aromatic carbocycles. The zero-order valence-electron chi connectivity index (χ0n) is 16.2. The maximum absolute atomic E-state index is 12.7. The van der Waals surface area contributed by atoms with Gasteiger partial charge in [0, 0.05) is 23.6 Å². The molecule has 1 N–H and O–H groups in total. The van der Waals surface area contributed by atoms with Gasteiger partial charge >= 0.3 is 12.3 Å². The Morgan fingerprint density at radius 3 is 2.33 bits per heavy atom. The molecule has 0 unspecified atom stereocenters. The Bertz CT molecular complexity index is 1060. The summed E-state index contributed by atoms with van der Waals surface area (Å²) < 4.78 is 44.5. The second-order valence-corrected chi connectivity index (χ2v) is 7.61. The number of nitrogens with one attached hydrogen (secondary N) is 1. The fraction of sp³-hybridized carbons (Fsp3) is 0.263. The van der Waals surface area contributed by atoms with Gasteiger partial charge < -0.3 is 10.1 Å². The Labute approximate surface area is 174 Å². The van der Waals surface area contributed by atoms with Crippen molar-refractivity contribution in [3.05, 3.63) is 53.6 Å². The average molecular weight is 440 g/mol. The molecule has 0 aliphatic rings. The highest BCUT2D eigenvalue weighted by molar-refractivity contribution is 6.30. The molecule has 30 heavy (non-hydrogen) atoms. The Kier molecular flexibility index (Phi) is 5.71. The minimum Gasteiger partial charge on any atom is -0.442 e. The number of hydrogen-bond acceptors (Lipinski definition) is 6. The van der Waals surface area contributed by atoms with Gasteiger partial charge in [-0.15, -0.1) is 0 Å². The van der Waals surface area contributed by atoms with Crippen LogP contribution >= 0.6 is 11.6 Å². The second-order valence-electron chi connectivity index (χ2n) is 7.25. The summed E-state index contributed by atoms with van der Waals surface area (Å²) in [6.45, 7) is 5.28.